The lowest BCUT2D eigenvalue weighted by Crippen LogP contribution is -2.18. The first-order valence-corrected chi connectivity index (χ1v) is 5.36. The van der Waals surface area contributed by atoms with Gasteiger partial charge in [-0.1, -0.05) is 19.0 Å². The van der Waals surface area contributed by atoms with E-state index in [1.165, 1.54) is 25.9 Å². The summed E-state index contributed by atoms with van der Waals surface area (Å²) in [6.07, 6.45) is 2.60. The fourth-order valence-corrected chi connectivity index (χ4v) is 1.54. The number of aromatic nitrogens is 2. The topological polar surface area (TPSA) is 42.2 Å². The molecule has 0 aromatic carbocycles. The van der Waals surface area contributed by atoms with Crippen molar-refractivity contribution in [1.82, 2.24) is 15.0 Å². The quantitative estimate of drug-likeness (QED) is 0.727. The molecule has 0 amide bonds. The van der Waals surface area contributed by atoms with Crippen LogP contribution in [0.25, 0.3) is 0 Å². The maximum atomic E-state index is 5.02. The Balaban J connectivity index is 0.000000461. The molecule has 1 aromatic heterocycles. The van der Waals surface area contributed by atoms with Crippen molar-refractivity contribution >= 4 is 0 Å². The average molecular weight is 197 g/mol. The van der Waals surface area contributed by atoms with E-state index in [1.54, 1.807) is 0 Å². The van der Waals surface area contributed by atoms with Gasteiger partial charge in [0.05, 0.1) is 6.54 Å². The monoisotopic (exact) mass is 197 g/mol. The molecule has 1 fully saturated rings. The van der Waals surface area contributed by atoms with Gasteiger partial charge in [0.25, 0.3) is 0 Å². The van der Waals surface area contributed by atoms with E-state index in [9.17, 15) is 0 Å². The summed E-state index contributed by atoms with van der Waals surface area (Å²) in [5.41, 5.74) is 0. The minimum atomic E-state index is 0.726. The van der Waals surface area contributed by atoms with E-state index in [0.717, 1.165) is 18.3 Å². The molecule has 80 valence electrons. The van der Waals surface area contributed by atoms with Crippen molar-refractivity contribution in [3.8, 4) is 0 Å². The summed E-state index contributed by atoms with van der Waals surface area (Å²) in [7, 11) is 0. The predicted molar refractivity (Wildman–Crippen MR) is 54.9 cm³/mol. The van der Waals surface area contributed by atoms with E-state index >= 15 is 0 Å². The van der Waals surface area contributed by atoms with Crippen molar-refractivity contribution in [2.45, 2.75) is 40.2 Å². The van der Waals surface area contributed by atoms with Crippen LogP contribution in [-0.4, -0.2) is 28.1 Å². The van der Waals surface area contributed by atoms with Gasteiger partial charge < -0.3 is 4.52 Å². The second-order valence-corrected chi connectivity index (χ2v) is 3.22. The Morgan fingerprint density at radius 1 is 1.29 bits per heavy atom. The first-order chi connectivity index (χ1) is 6.84. The lowest BCUT2D eigenvalue weighted by molar-refractivity contribution is 0.267. The van der Waals surface area contributed by atoms with Crippen molar-refractivity contribution in [3.63, 3.8) is 0 Å². The van der Waals surface area contributed by atoms with Gasteiger partial charge in [0, 0.05) is 0 Å². The smallest absolute Gasteiger partial charge is 0.240 e. The highest BCUT2D eigenvalue weighted by molar-refractivity contribution is 4.83. The summed E-state index contributed by atoms with van der Waals surface area (Å²) < 4.78 is 5.02. The molecule has 4 nitrogen and oxygen atoms in total. The Hall–Kier alpha value is -0.900. The molecular formula is C10H19N3O. The Morgan fingerprint density at radius 3 is 2.43 bits per heavy atom. The minimum absolute atomic E-state index is 0.726. The Bertz CT molecular complexity index is 254. The van der Waals surface area contributed by atoms with E-state index in [4.69, 9.17) is 4.52 Å². The van der Waals surface area contributed by atoms with Gasteiger partial charge in [-0.15, -0.1) is 0 Å². The zero-order valence-electron chi connectivity index (χ0n) is 9.29. The molecule has 2 rings (SSSR count). The fourth-order valence-electron chi connectivity index (χ4n) is 1.54. The lowest BCUT2D eigenvalue weighted by Gasteiger charge is -2.09. The van der Waals surface area contributed by atoms with Crippen molar-refractivity contribution in [3.05, 3.63) is 11.7 Å². The second-order valence-electron chi connectivity index (χ2n) is 3.22. The van der Waals surface area contributed by atoms with Crippen LogP contribution in [0.1, 0.15) is 38.4 Å². The second kappa shape index (κ2) is 5.75. The van der Waals surface area contributed by atoms with Crippen molar-refractivity contribution < 1.29 is 4.52 Å². The van der Waals surface area contributed by atoms with E-state index in [2.05, 4.69) is 15.0 Å². The first kappa shape index (κ1) is 11.2. The molecule has 0 N–H and O–H groups in total. The molecule has 0 radical (unpaired) electrons. The number of hydrogen-bond acceptors (Lipinski definition) is 4. The van der Waals surface area contributed by atoms with Gasteiger partial charge in [0.2, 0.25) is 5.89 Å². The van der Waals surface area contributed by atoms with E-state index < -0.39 is 0 Å². The third-order valence-corrected chi connectivity index (χ3v) is 2.13. The van der Waals surface area contributed by atoms with Gasteiger partial charge in [0.15, 0.2) is 5.82 Å². The van der Waals surface area contributed by atoms with Crippen molar-refractivity contribution in [2.24, 2.45) is 0 Å². The highest BCUT2D eigenvalue weighted by atomic mass is 16.5. The molecular weight excluding hydrogens is 178 g/mol. The molecule has 4 heteroatoms. The Morgan fingerprint density at radius 2 is 1.93 bits per heavy atom. The minimum Gasteiger partial charge on any atom is -0.338 e. The summed E-state index contributed by atoms with van der Waals surface area (Å²) in [4.78, 5) is 6.49. The molecule has 2 heterocycles. The number of nitrogens with zero attached hydrogens (tertiary/aromatic N) is 3. The summed E-state index contributed by atoms with van der Waals surface area (Å²) in [6.45, 7) is 9.00. The maximum Gasteiger partial charge on any atom is 0.240 e. The molecule has 14 heavy (non-hydrogen) atoms. The highest BCUT2D eigenvalue weighted by Gasteiger charge is 2.14. The Kier molecular flexibility index (Phi) is 4.59. The standard InChI is InChI=1S/C8H13N3O.C2H6/c1-7-9-8(12-10-7)6-11-4-2-3-5-11;1-2/h2-6H2,1H3;1-2H3. The van der Waals surface area contributed by atoms with Crippen molar-refractivity contribution in [1.29, 1.82) is 0 Å². The molecule has 1 aliphatic heterocycles. The number of likely N-dealkylation sites (tertiary alicyclic amines) is 1. The summed E-state index contributed by atoms with van der Waals surface area (Å²) in [5.74, 6) is 1.47. The normalized spacial score (nSPS) is 16.5. The molecule has 0 atom stereocenters. The highest BCUT2D eigenvalue weighted by Crippen LogP contribution is 2.10. The van der Waals surface area contributed by atoms with Crippen LogP contribution in [0, 0.1) is 6.92 Å². The molecule has 1 aromatic rings. The number of aryl methyl sites for hydroxylation is 1. The SMILES string of the molecule is CC.Cc1noc(CN2CCCC2)n1. The van der Waals surface area contributed by atoms with Crippen molar-refractivity contribution in [2.75, 3.05) is 13.1 Å². The van der Waals surface area contributed by atoms with Crippen LogP contribution in [0.15, 0.2) is 4.52 Å². The largest absolute Gasteiger partial charge is 0.338 e. The molecule has 0 saturated carbocycles. The number of rotatable bonds is 2. The molecule has 0 bridgehead atoms. The fraction of sp³-hybridized carbons (Fsp3) is 0.800. The van der Waals surface area contributed by atoms with Crippen LogP contribution >= 0.6 is 0 Å². The van der Waals surface area contributed by atoms with Crippen LogP contribution in [0.3, 0.4) is 0 Å². The zero-order chi connectivity index (χ0) is 10.4. The average Bonchev–Trinajstić information content (AvgIpc) is 2.82. The van der Waals surface area contributed by atoms with Gasteiger partial charge >= 0.3 is 0 Å². The Labute approximate surface area is 85.3 Å². The lowest BCUT2D eigenvalue weighted by atomic mass is 10.4. The maximum absolute atomic E-state index is 5.02. The molecule has 1 aliphatic rings. The van der Waals surface area contributed by atoms with Crippen LogP contribution in [0.2, 0.25) is 0 Å². The van der Waals surface area contributed by atoms with E-state index in [0.29, 0.717) is 0 Å². The van der Waals surface area contributed by atoms with Gasteiger partial charge in [-0.05, 0) is 32.9 Å². The molecule has 0 unspecified atom stereocenters. The molecule has 0 aliphatic carbocycles. The van der Waals surface area contributed by atoms with Gasteiger partial charge in [-0.3, -0.25) is 4.90 Å². The van der Waals surface area contributed by atoms with E-state index in [-0.39, 0.29) is 0 Å². The van der Waals surface area contributed by atoms with E-state index in [1.807, 2.05) is 20.8 Å². The third-order valence-electron chi connectivity index (χ3n) is 2.13. The van der Waals surface area contributed by atoms with Gasteiger partial charge in [-0.25, -0.2) is 0 Å². The predicted octanol–water partition coefficient (Wildman–Crippen LogP) is 2.00. The van der Waals surface area contributed by atoms with Gasteiger partial charge in [0.1, 0.15) is 0 Å². The number of hydrogen-bond donors (Lipinski definition) is 0. The first-order valence-electron chi connectivity index (χ1n) is 5.36. The summed E-state index contributed by atoms with van der Waals surface area (Å²) in [6, 6.07) is 0. The molecule has 0 spiro atoms. The summed E-state index contributed by atoms with van der Waals surface area (Å²) in [5, 5.41) is 3.75. The zero-order valence-corrected chi connectivity index (χ0v) is 9.29. The summed E-state index contributed by atoms with van der Waals surface area (Å²) >= 11 is 0. The third kappa shape index (κ3) is 3.10. The van der Waals surface area contributed by atoms with Crippen LogP contribution in [0.5, 0.6) is 0 Å². The molecule has 1 saturated heterocycles. The van der Waals surface area contributed by atoms with Crippen LogP contribution < -0.4 is 0 Å². The van der Waals surface area contributed by atoms with Crippen LogP contribution in [0.4, 0.5) is 0 Å². The van der Waals surface area contributed by atoms with Gasteiger partial charge in [-0.2, -0.15) is 4.98 Å². The van der Waals surface area contributed by atoms with Crippen LogP contribution in [-0.2, 0) is 6.54 Å².